The molecule has 9 heteroatoms. The molecule has 154 valence electrons. The van der Waals surface area contributed by atoms with Gasteiger partial charge in [0, 0.05) is 32.4 Å². The Morgan fingerprint density at radius 1 is 1.14 bits per heavy atom. The molecule has 0 unspecified atom stereocenters. The molecule has 1 atom stereocenters. The average molecular weight is 391 g/mol. The maximum atomic E-state index is 12.9. The monoisotopic (exact) mass is 391 g/mol. The van der Waals surface area contributed by atoms with Crippen LogP contribution < -0.4 is 5.32 Å². The van der Waals surface area contributed by atoms with Crippen LogP contribution in [0.1, 0.15) is 41.9 Å². The van der Waals surface area contributed by atoms with Gasteiger partial charge in [0.15, 0.2) is 11.8 Å². The fraction of sp³-hybridized carbons (Fsp3) is 0.684. The molecule has 0 spiro atoms. The molecular weight excluding hydrogens is 362 g/mol. The molecule has 2 fully saturated rings. The summed E-state index contributed by atoms with van der Waals surface area (Å²) in [7, 11) is 1.56. The van der Waals surface area contributed by atoms with E-state index in [0.717, 1.165) is 44.5 Å². The van der Waals surface area contributed by atoms with E-state index in [9.17, 15) is 14.4 Å². The zero-order chi connectivity index (χ0) is 20.1. The van der Waals surface area contributed by atoms with E-state index < -0.39 is 6.10 Å². The van der Waals surface area contributed by atoms with Gasteiger partial charge in [0.1, 0.15) is 6.54 Å². The van der Waals surface area contributed by atoms with Gasteiger partial charge in [0.25, 0.3) is 11.8 Å². The Balaban J connectivity index is 1.65. The summed E-state index contributed by atoms with van der Waals surface area (Å²) in [6.45, 7) is 4.37. The van der Waals surface area contributed by atoms with Crippen molar-refractivity contribution in [1.29, 1.82) is 0 Å². The first kappa shape index (κ1) is 20.3. The molecule has 2 aliphatic heterocycles. The second kappa shape index (κ2) is 9.18. The number of carbonyl (C=O) groups is 3. The minimum absolute atomic E-state index is 0.0271. The number of likely N-dealkylation sites (tertiary alicyclic amines) is 1. The normalized spacial score (nSPS) is 20.6. The van der Waals surface area contributed by atoms with Crippen molar-refractivity contribution in [2.24, 2.45) is 0 Å². The second-order valence-corrected chi connectivity index (χ2v) is 7.35. The van der Waals surface area contributed by atoms with Crippen LogP contribution in [0.15, 0.2) is 6.07 Å². The minimum Gasteiger partial charge on any atom is -0.365 e. The number of nitrogens with one attached hydrogen (secondary N) is 1. The summed E-state index contributed by atoms with van der Waals surface area (Å²) in [6.07, 6.45) is 3.72. The zero-order valence-corrected chi connectivity index (χ0v) is 16.6. The number of rotatable bonds is 4. The van der Waals surface area contributed by atoms with Gasteiger partial charge >= 0.3 is 0 Å². The largest absolute Gasteiger partial charge is 0.365 e. The number of hydrogen-bond donors (Lipinski definition) is 1. The van der Waals surface area contributed by atoms with E-state index >= 15 is 0 Å². The standard InChI is InChI=1S/C19H29N5O4/c1-14-11-15(21-24(14)13-17(25)20-2)18(26)23-9-10-28-16(12-23)19(27)22-7-5-3-4-6-8-22/h11,16H,3-10,12-13H2,1-2H3,(H,20,25)/t16-/m0/s1. The number of ether oxygens (including phenoxy) is 1. The lowest BCUT2D eigenvalue weighted by Gasteiger charge is -2.34. The summed E-state index contributed by atoms with van der Waals surface area (Å²) >= 11 is 0. The zero-order valence-electron chi connectivity index (χ0n) is 16.6. The number of aryl methyl sites for hydroxylation is 1. The number of carbonyl (C=O) groups excluding carboxylic acids is 3. The van der Waals surface area contributed by atoms with Gasteiger partial charge in [-0.15, -0.1) is 0 Å². The molecule has 0 aromatic carbocycles. The first-order chi connectivity index (χ1) is 13.5. The molecule has 1 N–H and O–H groups in total. The van der Waals surface area contributed by atoms with Gasteiger partial charge in [-0.1, -0.05) is 12.8 Å². The number of morpholine rings is 1. The predicted octanol–water partition coefficient (Wildman–Crippen LogP) is 0.181. The quantitative estimate of drug-likeness (QED) is 0.790. The van der Waals surface area contributed by atoms with E-state index in [-0.39, 0.29) is 36.5 Å². The van der Waals surface area contributed by atoms with Crippen molar-refractivity contribution in [2.45, 2.75) is 45.3 Å². The molecule has 1 aromatic heterocycles. The average Bonchev–Trinajstić information content (AvgIpc) is 2.91. The maximum Gasteiger partial charge on any atom is 0.274 e. The van der Waals surface area contributed by atoms with Gasteiger partial charge in [-0.05, 0) is 25.8 Å². The first-order valence-corrected chi connectivity index (χ1v) is 9.94. The van der Waals surface area contributed by atoms with Crippen molar-refractivity contribution in [3.8, 4) is 0 Å². The molecule has 0 saturated carbocycles. The molecule has 1 aromatic rings. The molecule has 0 radical (unpaired) electrons. The van der Waals surface area contributed by atoms with E-state index in [2.05, 4.69) is 10.4 Å². The molecule has 0 aliphatic carbocycles. The Morgan fingerprint density at radius 3 is 2.54 bits per heavy atom. The Morgan fingerprint density at radius 2 is 1.86 bits per heavy atom. The highest BCUT2D eigenvalue weighted by Crippen LogP contribution is 2.16. The predicted molar refractivity (Wildman–Crippen MR) is 102 cm³/mol. The van der Waals surface area contributed by atoms with Crippen LogP contribution in [0.3, 0.4) is 0 Å². The van der Waals surface area contributed by atoms with Crippen LogP contribution in [0.4, 0.5) is 0 Å². The SMILES string of the molecule is CNC(=O)Cn1nc(C(=O)N2CCO[C@H](C(=O)N3CCCCCC3)C2)cc1C. The third kappa shape index (κ3) is 4.70. The molecule has 3 amide bonds. The highest BCUT2D eigenvalue weighted by atomic mass is 16.5. The Bertz CT molecular complexity index is 724. The smallest absolute Gasteiger partial charge is 0.274 e. The minimum atomic E-state index is -0.621. The van der Waals surface area contributed by atoms with Crippen molar-refractivity contribution in [2.75, 3.05) is 39.8 Å². The van der Waals surface area contributed by atoms with Gasteiger partial charge in [-0.2, -0.15) is 5.10 Å². The van der Waals surface area contributed by atoms with Crippen molar-refractivity contribution in [3.63, 3.8) is 0 Å². The Kier molecular flexibility index (Phi) is 6.66. The summed E-state index contributed by atoms with van der Waals surface area (Å²) in [5, 5.41) is 6.82. The molecule has 0 bridgehead atoms. The molecular formula is C19H29N5O4. The first-order valence-electron chi connectivity index (χ1n) is 9.94. The lowest BCUT2D eigenvalue weighted by atomic mass is 10.2. The van der Waals surface area contributed by atoms with Gasteiger partial charge in [-0.3, -0.25) is 19.1 Å². The number of likely N-dealkylation sites (N-methyl/N-ethyl adjacent to an activating group) is 1. The summed E-state index contributed by atoms with van der Waals surface area (Å²) < 4.78 is 7.19. The number of hydrogen-bond acceptors (Lipinski definition) is 5. The van der Waals surface area contributed by atoms with Crippen molar-refractivity contribution < 1.29 is 19.1 Å². The van der Waals surface area contributed by atoms with Crippen LogP contribution in [0.25, 0.3) is 0 Å². The molecule has 9 nitrogen and oxygen atoms in total. The van der Waals surface area contributed by atoms with Crippen LogP contribution in [0, 0.1) is 6.92 Å². The topological polar surface area (TPSA) is 96.8 Å². The van der Waals surface area contributed by atoms with E-state index in [1.807, 2.05) is 4.90 Å². The fourth-order valence-electron chi connectivity index (χ4n) is 3.63. The highest BCUT2D eigenvalue weighted by Gasteiger charge is 2.33. The summed E-state index contributed by atoms with van der Waals surface area (Å²) in [4.78, 5) is 40.8. The lowest BCUT2D eigenvalue weighted by Crippen LogP contribution is -2.52. The van der Waals surface area contributed by atoms with Gasteiger partial charge in [0.05, 0.1) is 13.2 Å². The van der Waals surface area contributed by atoms with Crippen molar-refractivity contribution >= 4 is 17.7 Å². The van der Waals surface area contributed by atoms with Gasteiger partial charge < -0.3 is 19.9 Å². The summed E-state index contributed by atoms with van der Waals surface area (Å²) in [5.41, 5.74) is 1.02. The van der Waals surface area contributed by atoms with Crippen LogP contribution in [-0.2, 0) is 20.9 Å². The van der Waals surface area contributed by atoms with E-state index in [4.69, 9.17) is 4.74 Å². The molecule has 2 aliphatic rings. The molecule has 28 heavy (non-hydrogen) atoms. The molecule has 3 rings (SSSR count). The second-order valence-electron chi connectivity index (χ2n) is 7.35. The van der Waals surface area contributed by atoms with Crippen molar-refractivity contribution in [3.05, 3.63) is 17.5 Å². The number of aromatic nitrogens is 2. The fourth-order valence-corrected chi connectivity index (χ4v) is 3.63. The van der Waals surface area contributed by atoms with Crippen LogP contribution >= 0.6 is 0 Å². The van der Waals surface area contributed by atoms with E-state index in [0.29, 0.717) is 13.2 Å². The number of amides is 3. The Hall–Kier alpha value is -2.42. The maximum absolute atomic E-state index is 12.9. The number of nitrogens with zero attached hydrogens (tertiary/aromatic N) is 4. The third-order valence-corrected chi connectivity index (χ3v) is 5.32. The van der Waals surface area contributed by atoms with Crippen molar-refractivity contribution in [1.82, 2.24) is 24.9 Å². The van der Waals surface area contributed by atoms with Crippen LogP contribution in [0.2, 0.25) is 0 Å². The summed E-state index contributed by atoms with van der Waals surface area (Å²) in [6, 6.07) is 1.67. The summed E-state index contributed by atoms with van der Waals surface area (Å²) in [5.74, 6) is -0.448. The van der Waals surface area contributed by atoms with E-state index in [1.54, 1.807) is 24.9 Å². The molecule has 2 saturated heterocycles. The molecule has 3 heterocycles. The van der Waals surface area contributed by atoms with Crippen LogP contribution in [0.5, 0.6) is 0 Å². The van der Waals surface area contributed by atoms with Crippen LogP contribution in [-0.4, -0.2) is 83.2 Å². The Labute approximate surface area is 165 Å². The highest BCUT2D eigenvalue weighted by molar-refractivity contribution is 5.93. The van der Waals surface area contributed by atoms with E-state index in [1.165, 1.54) is 4.68 Å². The van der Waals surface area contributed by atoms with Gasteiger partial charge in [0.2, 0.25) is 5.91 Å². The van der Waals surface area contributed by atoms with Gasteiger partial charge in [-0.25, -0.2) is 0 Å². The third-order valence-electron chi connectivity index (χ3n) is 5.32. The lowest BCUT2D eigenvalue weighted by molar-refractivity contribution is -0.148.